The second kappa shape index (κ2) is 4.56. The van der Waals surface area contributed by atoms with Gasteiger partial charge in [-0.3, -0.25) is 4.79 Å². The SMILES string of the molecule is C#CCNC(=O)c1cc(C)c(F)cc1F. The lowest BCUT2D eigenvalue weighted by Gasteiger charge is -2.05. The molecule has 0 saturated carbocycles. The Kier molecular flexibility index (Phi) is 3.40. The summed E-state index contributed by atoms with van der Waals surface area (Å²) < 4.78 is 26.0. The molecule has 4 heteroatoms. The van der Waals surface area contributed by atoms with E-state index in [1.807, 2.05) is 0 Å². The van der Waals surface area contributed by atoms with Crippen LogP contribution in [0.2, 0.25) is 0 Å². The van der Waals surface area contributed by atoms with Gasteiger partial charge in [-0.05, 0) is 18.6 Å². The van der Waals surface area contributed by atoms with E-state index in [9.17, 15) is 13.6 Å². The first kappa shape index (κ1) is 11.2. The number of hydrogen-bond acceptors (Lipinski definition) is 1. The highest BCUT2D eigenvalue weighted by atomic mass is 19.1. The monoisotopic (exact) mass is 209 g/mol. The zero-order valence-corrected chi connectivity index (χ0v) is 8.10. The zero-order chi connectivity index (χ0) is 11.4. The van der Waals surface area contributed by atoms with Crippen LogP contribution in [0.1, 0.15) is 15.9 Å². The summed E-state index contributed by atoms with van der Waals surface area (Å²) in [5, 5.41) is 2.30. The van der Waals surface area contributed by atoms with Crippen LogP contribution >= 0.6 is 0 Å². The molecule has 0 aliphatic carbocycles. The summed E-state index contributed by atoms with van der Waals surface area (Å²) in [6.45, 7) is 1.46. The third kappa shape index (κ3) is 2.53. The molecule has 0 spiro atoms. The number of terminal acetylenes is 1. The van der Waals surface area contributed by atoms with Crippen molar-refractivity contribution in [2.75, 3.05) is 6.54 Å². The topological polar surface area (TPSA) is 29.1 Å². The van der Waals surface area contributed by atoms with Crippen molar-refractivity contribution in [1.29, 1.82) is 0 Å². The minimum atomic E-state index is -0.896. The van der Waals surface area contributed by atoms with Crippen LogP contribution in [-0.2, 0) is 0 Å². The van der Waals surface area contributed by atoms with E-state index in [2.05, 4.69) is 11.2 Å². The van der Waals surface area contributed by atoms with Gasteiger partial charge in [0, 0.05) is 6.07 Å². The van der Waals surface area contributed by atoms with Gasteiger partial charge in [-0.25, -0.2) is 8.78 Å². The van der Waals surface area contributed by atoms with Crippen molar-refractivity contribution in [2.45, 2.75) is 6.92 Å². The van der Waals surface area contributed by atoms with E-state index in [-0.39, 0.29) is 17.7 Å². The summed E-state index contributed by atoms with van der Waals surface area (Å²) >= 11 is 0. The Morgan fingerprint density at radius 1 is 1.47 bits per heavy atom. The molecule has 0 fully saturated rings. The molecule has 2 nitrogen and oxygen atoms in total. The third-order valence-electron chi connectivity index (χ3n) is 1.84. The first-order chi connectivity index (χ1) is 7.06. The van der Waals surface area contributed by atoms with Gasteiger partial charge in [0.1, 0.15) is 11.6 Å². The molecule has 0 atom stereocenters. The molecule has 0 aliphatic rings. The predicted molar refractivity (Wildman–Crippen MR) is 52.3 cm³/mol. The molecule has 0 saturated heterocycles. The van der Waals surface area contributed by atoms with Gasteiger partial charge in [0.05, 0.1) is 12.1 Å². The molecule has 15 heavy (non-hydrogen) atoms. The summed E-state index contributed by atoms with van der Waals surface area (Å²) in [7, 11) is 0. The first-order valence-corrected chi connectivity index (χ1v) is 4.23. The van der Waals surface area contributed by atoms with Crippen molar-refractivity contribution >= 4 is 5.91 Å². The summed E-state index contributed by atoms with van der Waals surface area (Å²) in [5.74, 6) is -0.0349. The summed E-state index contributed by atoms with van der Waals surface area (Å²) in [5.41, 5.74) is 0.00593. The zero-order valence-electron chi connectivity index (χ0n) is 8.10. The lowest BCUT2D eigenvalue weighted by atomic mass is 10.1. The molecule has 1 amide bonds. The first-order valence-electron chi connectivity index (χ1n) is 4.23. The van der Waals surface area contributed by atoms with E-state index in [1.165, 1.54) is 6.92 Å². The van der Waals surface area contributed by atoms with Crippen LogP contribution in [0.5, 0.6) is 0 Å². The van der Waals surface area contributed by atoms with E-state index in [4.69, 9.17) is 6.42 Å². The number of benzene rings is 1. The van der Waals surface area contributed by atoms with Gasteiger partial charge < -0.3 is 5.32 Å². The molecule has 0 heterocycles. The van der Waals surface area contributed by atoms with E-state index in [1.54, 1.807) is 0 Å². The van der Waals surface area contributed by atoms with Gasteiger partial charge in [-0.15, -0.1) is 6.42 Å². The van der Waals surface area contributed by atoms with Gasteiger partial charge in [0.25, 0.3) is 5.91 Å². The quantitative estimate of drug-likeness (QED) is 0.737. The predicted octanol–water partition coefficient (Wildman–Crippen LogP) is 1.64. The van der Waals surface area contributed by atoms with Crippen molar-refractivity contribution in [2.24, 2.45) is 0 Å². The Bertz CT molecular complexity index is 435. The van der Waals surface area contributed by atoms with E-state index in [0.717, 1.165) is 6.07 Å². The molecule has 1 aromatic rings. The highest BCUT2D eigenvalue weighted by Gasteiger charge is 2.13. The highest BCUT2D eigenvalue weighted by molar-refractivity contribution is 5.94. The van der Waals surface area contributed by atoms with Crippen molar-refractivity contribution in [3.63, 3.8) is 0 Å². The Labute approximate surface area is 86.3 Å². The fourth-order valence-electron chi connectivity index (χ4n) is 1.06. The van der Waals surface area contributed by atoms with E-state index >= 15 is 0 Å². The molecular formula is C11H9F2NO. The van der Waals surface area contributed by atoms with Crippen LogP contribution in [-0.4, -0.2) is 12.5 Å². The second-order valence-electron chi connectivity index (χ2n) is 2.97. The normalized spacial score (nSPS) is 9.47. The maximum absolute atomic E-state index is 13.2. The number of hydrogen-bond donors (Lipinski definition) is 1. The maximum Gasteiger partial charge on any atom is 0.255 e. The largest absolute Gasteiger partial charge is 0.341 e. The van der Waals surface area contributed by atoms with Crippen molar-refractivity contribution in [3.05, 3.63) is 34.9 Å². The van der Waals surface area contributed by atoms with Crippen LogP contribution in [0, 0.1) is 30.9 Å². The number of halogens is 2. The van der Waals surface area contributed by atoms with Gasteiger partial charge in [-0.2, -0.15) is 0 Å². The third-order valence-corrected chi connectivity index (χ3v) is 1.84. The Balaban J connectivity index is 3.00. The van der Waals surface area contributed by atoms with E-state index < -0.39 is 17.5 Å². The van der Waals surface area contributed by atoms with Crippen LogP contribution in [0.3, 0.4) is 0 Å². The second-order valence-corrected chi connectivity index (χ2v) is 2.97. The van der Waals surface area contributed by atoms with Crippen molar-refractivity contribution < 1.29 is 13.6 Å². The molecule has 78 valence electrons. The molecule has 0 unspecified atom stereocenters. The van der Waals surface area contributed by atoms with Gasteiger partial charge in [0.2, 0.25) is 0 Å². The van der Waals surface area contributed by atoms with Gasteiger partial charge >= 0.3 is 0 Å². The van der Waals surface area contributed by atoms with Crippen LogP contribution in [0.15, 0.2) is 12.1 Å². The minimum absolute atomic E-state index is 0.00863. The molecular weight excluding hydrogens is 200 g/mol. The lowest BCUT2D eigenvalue weighted by Crippen LogP contribution is -2.24. The number of rotatable bonds is 2. The summed E-state index contributed by atoms with van der Waals surface area (Å²) in [4.78, 5) is 11.3. The number of aryl methyl sites for hydroxylation is 1. The Morgan fingerprint density at radius 2 is 2.13 bits per heavy atom. The number of carbonyl (C=O) groups is 1. The summed E-state index contributed by atoms with van der Waals surface area (Å²) in [6, 6.07) is 1.83. The highest BCUT2D eigenvalue weighted by Crippen LogP contribution is 2.13. The average Bonchev–Trinajstić information content (AvgIpc) is 2.20. The number of amides is 1. The molecule has 0 bridgehead atoms. The molecule has 0 aromatic heterocycles. The van der Waals surface area contributed by atoms with Crippen molar-refractivity contribution in [3.8, 4) is 12.3 Å². The van der Waals surface area contributed by atoms with Crippen molar-refractivity contribution in [1.82, 2.24) is 5.32 Å². The van der Waals surface area contributed by atoms with Gasteiger partial charge in [0.15, 0.2) is 0 Å². The molecule has 1 rings (SSSR count). The molecule has 1 N–H and O–H groups in total. The standard InChI is InChI=1S/C11H9F2NO/c1-3-4-14-11(15)8-5-7(2)9(12)6-10(8)13/h1,5-6H,4H2,2H3,(H,14,15). The minimum Gasteiger partial charge on any atom is -0.341 e. The fourth-order valence-corrected chi connectivity index (χ4v) is 1.06. The van der Waals surface area contributed by atoms with Crippen LogP contribution < -0.4 is 5.32 Å². The van der Waals surface area contributed by atoms with Crippen LogP contribution in [0.4, 0.5) is 8.78 Å². The average molecular weight is 209 g/mol. The van der Waals surface area contributed by atoms with E-state index in [0.29, 0.717) is 6.07 Å². The molecule has 1 aromatic carbocycles. The molecule has 0 aliphatic heterocycles. The maximum atomic E-state index is 13.2. The number of carbonyl (C=O) groups excluding carboxylic acids is 1. The summed E-state index contributed by atoms with van der Waals surface area (Å²) in [6.07, 6.45) is 4.93. The fraction of sp³-hybridized carbons (Fsp3) is 0.182. The Hall–Kier alpha value is -1.89. The number of nitrogens with one attached hydrogen (secondary N) is 1. The smallest absolute Gasteiger partial charge is 0.255 e. The molecule has 0 radical (unpaired) electrons. The van der Waals surface area contributed by atoms with Gasteiger partial charge in [-0.1, -0.05) is 5.92 Å². The lowest BCUT2D eigenvalue weighted by molar-refractivity contribution is 0.0954. The van der Waals surface area contributed by atoms with Crippen LogP contribution in [0.25, 0.3) is 0 Å². The Morgan fingerprint density at radius 3 is 2.73 bits per heavy atom.